The molecule has 0 saturated heterocycles. The van der Waals surface area contributed by atoms with Gasteiger partial charge in [-0.3, -0.25) is 4.68 Å². The predicted octanol–water partition coefficient (Wildman–Crippen LogP) is 2.70. The zero-order valence-corrected chi connectivity index (χ0v) is 9.00. The van der Waals surface area contributed by atoms with Crippen LogP contribution in [0.1, 0.15) is 32.1 Å². The molecule has 2 rings (SSSR count). The highest BCUT2D eigenvalue weighted by atomic mass is 35.5. The summed E-state index contributed by atoms with van der Waals surface area (Å²) in [6.45, 7) is 0.938. The summed E-state index contributed by atoms with van der Waals surface area (Å²) in [7, 11) is 0. The van der Waals surface area contributed by atoms with Gasteiger partial charge in [-0.2, -0.15) is 5.10 Å². The molecule has 0 spiro atoms. The minimum atomic E-state index is 0.440. The summed E-state index contributed by atoms with van der Waals surface area (Å²) in [5.74, 6) is 1.41. The van der Waals surface area contributed by atoms with Crippen LogP contribution in [-0.4, -0.2) is 9.78 Å². The first-order valence-corrected chi connectivity index (χ1v) is 5.62. The molecule has 1 aromatic rings. The lowest BCUT2D eigenvalue weighted by Gasteiger charge is -2.24. The predicted molar refractivity (Wildman–Crippen MR) is 58.2 cm³/mol. The van der Waals surface area contributed by atoms with E-state index in [2.05, 4.69) is 5.10 Å². The fraction of sp³-hybridized carbons (Fsp3) is 0.700. The van der Waals surface area contributed by atoms with Gasteiger partial charge in [0.05, 0.1) is 0 Å². The highest BCUT2D eigenvalue weighted by Gasteiger charge is 2.16. The van der Waals surface area contributed by atoms with Crippen LogP contribution in [0.3, 0.4) is 0 Å². The van der Waals surface area contributed by atoms with E-state index in [0.29, 0.717) is 10.8 Å². The molecule has 1 aliphatic carbocycles. The first-order valence-electron chi connectivity index (χ1n) is 5.24. The molecular weight excluding hydrogens is 198 g/mol. The molecule has 3 nitrogen and oxygen atoms in total. The number of halogens is 1. The van der Waals surface area contributed by atoms with Crippen molar-refractivity contribution in [2.24, 2.45) is 5.92 Å². The van der Waals surface area contributed by atoms with Crippen LogP contribution in [0.2, 0.25) is 5.02 Å². The third-order valence-electron chi connectivity index (χ3n) is 2.97. The summed E-state index contributed by atoms with van der Waals surface area (Å²) in [6, 6.07) is 0. The van der Waals surface area contributed by atoms with Gasteiger partial charge in [0.15, 0.2) is 5.82 Å². The average molecular weight is 214 g/mol. The van der Waals surface area contributed by atoms with Crippen molar-refractivity contribution in [2.75, 3.05) is 5.73 Å². The molecule has 2 N–H and O–H groups in total. The lowest BCUT2D eigenvalue weighted by atomic mass is 9.82. The van der Waals surface area contributed by atoms with E-state index in [9.17, 15) is 0 Å². The molecule has 1 heterocycles. The Bertz CT molecular complexity index is 285. The van der Waals surface area contributed by atoms with Gasteiger partial charge in [0.2, 0.25) is 0 Å². The van der Waals surface area contributed by atoms with Crippen molar-refractivity contribution in [1.82, 2.24) is 9.78 Å². The number of hydrogen-bond donors (Lipinski definition) is 1. The van der Waals surface area contributed by atoms with Crippen molar-refractivity contribution in [3.05, 3.63) is 11.2 Å². The SMILES string of the molecule is Nc1nn(CCCC2CCC2)cc1Cl. The number of aromatic nitrogens is 2. The van der Waals surface area contributed by atoms with E-state index in [1.165, 1.54) is 32.1 Å². The Morgan fingerprint density at radius 3 is 2.86 bits per heavy atom. The quantitative estimate of drug-likeness (QED) is 0.836. The maximum absolute atomic E-state index is 5.80. The molecular formula is C10H16ClN3. The van der Waals surface area contributed by atoms with Crippen molar-refractivity contribution in [3.63, 3.8) is 0 Å². The minimum absolute atomic E-state index is 0.440. The number of rotatable bonds is 4. The molecule has 1 aliphatic rings. The molecule has 1 aromatic heterocycles. The number of hydrogen-bond acceptors (Lipinski definition) is 2. The number of nitrogens with zero attached hydrogens (tertiary/aromatic N) is 2. The van der Waals surface area contributed by atoms with Crippen molar-refractivity contribution < 1.29 is 0 Å². The van der Waals surface area contributed by atoms with Crippen molar-refractivity contribution in [3.8, 4) is 0 Å². The molecule has 0 unspecified atom stereocenters. The lowest BCUT2D eigenvalue weighted by molar-refractivity contribution is 0.283. The van der Waals surface area contributed by atoms with Crippen LogP contribution in [0, 0.1) is 5.92 Å². The maximum atomic E-state index is 5.80. The zero-order chi connectivity index (χ0) is 9.97. The second-order valence-electron chi connectivity index (χ2n) is 4.06. The standard InChI is InChI=1S/C10H16ClN3/c11-9-7-14(13-10(9)12)6-2-5-8-3-1-4-8/h7-8H,1-6H2,(H2,12,13). The molecule has 1 saturated carbocycles. The molecule has 0 radical (unpaired) electrons. The summed E-state index contributed by atoms with van der Waals surface area (Å²) in [4.78, 5) is 0. The Morgan fingerprint density at radius 1 is 1.57 bits per heavy atom. The fourth-order valence-corrected chi connectivity index (χ4v) is 2.00. The van der Waals surface area contributed by atoms with Crippen molar-refractivity contribution in [2.45, 2.75) is 38.6 Å². The Hall–Kier alpha value is -0.700. The Kier molecular flexibility index (Phi) is 2.96. The molecule has 78 valence electrons. The van der Waals surface area contributed by atoms with Gasteiger partial charge in [-0.1, -0.05) is 30.9 Å². The average Bonchev–Trinajstić information content (AvgIpc) is 2.37. The van der Waals surface area contributed by atoms with Crippen LogP contribution in [0.4, 0.5) is 5.82 Å². The van der Waals surface area contributed by atoms with E-state index in [-0.39, 0.29) is 0 Å². The van der Waals surface area contributed by atoms with Gasteiger partial charge in [-0.25, -0.2) is 0 Å². The molecule has 0 bridgehead atoms. The third-order valence-corrected chi connectivity index (χ3v) is 3.26. The smallest absolute Gasteiger partial charge is 0.164 e. The zero-order valence-electron chi connectivity index (χ0n) is 8.25. The highest BCUT2D eigenvalue weighted by Crippen LogP contribution is 2.30. The van der Waals surface area contributed by atoms with Crippen LogP contribution in [0.15, 0.2) is 6.20 Å². The van der Waals surface area contributed by atoms with Crippen molar-refractivity contribution >= 4 is 17.4 Å². The summed E-state index contributed by atoms with van der Waals surface area (Å²) in [6.07, 6.45) is 8.56. The van der Waals surface area contributed by atoms with E-state index in [1.807, 2.05) is 4.68 Å². The van der Waals surface area contributed by atoms with E-state index in [0.717, 1.165) is 12.5 Å². The van der Waals surface area contributed by atoms with Gasteiger partial charge in [0.1, 0.15) is 5.02 Å². The van der Waals surface area contributed by atoms with Gasteiger partial charge in [0, 0.05) is 12.7 Å². The van der Waals surface area contributed by atoms with Crippen LogP contribution >= 0.6 is 11.6 Å². The summed E-state index contributed by atoms with van der Waals surface area (Å²) in [5.41, 5.74) is 5.55. The Balaban J connectivity index is 1.74. The van der Waals surface area contributed by atoms with E-state index < -0.39 is 0 Å². The monoisotopic (exact) mass is 213 g/mol. The second-order valence-corrected chi connectivity index (χ2v) is 4.47. The van der Waals surface area contributed by atoms with Gasteiger partial charge in [-0.05, 0) is 18.8 Å². The van der Waals surface area contributed by atoms with E-state index in [4.69, 9.17) is 17.3 Å². The topological polar surface area (TPSA) is 43.8 Å². The van der Waals surface area contributed by atoms with Gasteiger partial charge in [0.25, 0.3) is 0 Å². The maximum Gasteiger partial charge on any atom is 0.164 e. The molecule has 14 heavy (non-hydrogen) atoms. The minimum Gasteiger partial charge on any atom is -0.381 e. The van der Waals surface area contributed by atoms with Crippen LogP contribution in [0.5, 0.6) is 0 Å². The number of nitrogen functional groups attached to an aromatic ring is 1. The number of anilines is 1. The summed E-state index contributed by atoms with van der Waals surface area (Å²) in [5, 5.41) is 4.68. The molecule has 0 aliphatic heterocycles. The lowest BCUT2D eigenvalue weighted by Crippen LogP contribution is -2.11. The first kappa shape index (κ1) is 9.84. The molecule has 0 aromatic carbocycles. The number of aryl methyl sites for hydroxylation is 1. The second kappa shape index (κ2) is 4.22. The summed E-state index contributed by atoms with van der Waals surface area (Å²) < 4.78 is 1.84. The highest BCUT2D eigenvalue weighted by molar-refractivity contribution is 6.32. The molecule has 0 amide bonds. The molecule has 1 fully saturated rings. The summed E-state index contributed by atoms with van der Waals surface area (Å²) >= 11 is 5.80. The van der Waals surface area contributed by atoms with Gasteiger partial charge >= 0.3 is 0 Å². The normalized spacial score (nSPS) is 16.9. The Labute approximate surface area is 89.2 Å². The van der Waals surface area contributed by atoms with Crippen LogP contribution in [-0.2, 0) is 6.54 Å². The number of nitrogens with two attached hydrogens (primary N) is 1. The fourth-order valence-electron chi connectivity index (χ4n) is 1.85. The largest absolute Gasteiger partial charge is 0.381 e. The molecule has 0 atom stereocenters. The van der Waals surface area contributed by atoms with Gasteiger partial charge in [-0.15, -0.1) is 0 Å². The van der Waals surface area contributed by atoms with E-state index in [1.54, 1.807) is 6.20 Å². The molecule has 4 heteroatoms. The van der Waals surface area contributed by atoms with E-state index >= 15 is 0 Å². The van der Waals surface area contributed by atoms with Crippen LogP contribution in [0.25, 0.3) is 0 Å². The van der Waals surface area contributed by atoms with Crippen molar-refractivity contribution in [1.29, 1.82) is 0 Å². The van der Waals surface area contributed by atoms with Gasteiger partial charge < -0.3 is 5.73 Å². The third kappa shape index (κ3) is 2.21. The Morgan fingerprint density at radius 2 is 2.36 bits per heavy atom. The van der Waals surface area contributed by atoms with Crippen LogP contribution < -0.4 is 5.73 Å². The first-order chi connectivity index (χ1) is 6.75.